The average molecular weight is 357 g/mol. The summed E-state index contributed by atoms with van der Waals surface area (Å²) >= 11 is 0. The molecule has 0 saturated heterocycles. The minimum Gasteiger partial charge on any atom is -0.478 e. The van der Waals surface area contributed by atoms with Gasteiger partial charge in [-0.25, -0.2) is 4.79 Å². The van der Waals surface area contributed by atoms with Crippen LogP contribution in [0.25, 0.3) is 0 Å². The number of nitrogens with one attached hydrogen (secondary N) is 1. The van der Waals surface area contributed by atoms with Crippen LogP contribution < -0.4 is 5.32 Å². The van der Waals surface area contributed by atoms with Gasteiger partial charge in [0.25, 0.3) is 0 Å². The zero-order valence-corrected chi connectivity index (χ0v) is 13.8. The van der Waals surface area contributed by atoms with Gasteiger partial charge in [-0.2, -0.15) is 13.2 Å². The normalized spacial score (nSPS) is 20.9. The summed E-state index contributed by atoms with van der Waals surface area (Å²) in [6.45, 7) is 0.420. The van der Waals surface area contributed by atoms with Gasteiger partial charge in [-0.05, 0) is 55.7 Å². The Morgan fingerprint density at radius 1 is 1.08 bits per heavy atom. The van der Waals surface area contributed by atoms with E-state index in [-0.39, 0.29) is 36.7 Å². The van der Waals surface area contributed by atoms with Crippen LogP contribution in [-0.4, -0.2) is 29.7 Å². The molecule has 1 aliphatic rings. The molecule has 0 radical (unpaired) electrons. The number of rotatable bonds is 6. The molecule has 1 aromatic carbocycles. The molecule has 1 amide bonds. The maximum Gasteiger partial charge on any atom is 0.391 e. The number of carbonyl (C=O) groups is 2. The Balaban J connectivity index is 1.67. The lowest BCUT2D eigenvalue weighted by Gasteiger charge is -2.29. The van der Waals surface area contributed by atoms with E-state index in [1.165, 1.54) is 12.1 Å². The van der Waals surface area contributed by atoms with Gasteiger partial charge in [0.1, 0.15) is 0 Å². The summed E-state index contributed by atoms with van der Waals surface area (Å²) in [5.74, 6) is -2.33. The number of benzene rings is 1. The first-order valence-electron chi connectivity index (χ1n) is 8.41. The second-order valence-corrected chi connectivity index (χ2v) is 6.57. The Kier molecular flexibility index (Phi) is 6.45. The highest BCUT2D eigenvalue weighted by atomic mass is 19.4. The van der Waals surface area contributed by atoms with Crippen molar-refractivity contribution < 1.29 is 27.9 Å². The molecule has 0 spiro atoms. The maximum atomic E-state index is 12.6. The molecule has 7 heteroatoms. The molecule has 138 valence electrons. The summed E-state index contributed by atoms with van der Waals surface area (Å²) in [5, 5.41) is 11.6. The minimum atomic E-state index is -4.12. The van der Waals surface area contributed by atoms with Crippen LogP contribution in [0.5, 0.6) is 0 Å². The van der Waals surface area contributed by atoms with E-state index >= 15 is 0 Å². The summed E-state index contributed by atoms with van der Waals surface area (Å²) in [5.41, 5.74) is 1.12. The fraction of sp³-hybridized carbons (Fsp3) is 0.556. The molecule has 1 saturated carbocycles. The van der Waals surface area contributed by atoms with E-state index in [1.54, 1.807) is 12.1 Å². The van der Waals surface area contributed by atoms with Crippen molar-refractivity contribution in [3.8, 4) is 0 Å². The lowest BCUT2D eigenvalue weighted by atomic mass is 9.80. The van der Waals surface area contributed by atoms with Gasteiger partial charge in [-0.1, -0.05) is 12.1 Å². The van der Waals surface area contributed by atoms with Crippen molar-refractivity contribution in [1.29, 1.82) is 0 Å². The number of hydrogen-bond donors (Lipinski definition) is 2. The van der Waals surface area contributed by atoms with Crippen LogP contribution >= 0.6 is 0 Å². The second-order valence-electron chi connectivity index (χ2n) is 6.57. The van der Waals surface area contributed by atoms with Gasteiger partial charge < -0.3 is 10.4 Å². The predicted octanol–water partition coefficient (Wildman–Crippen LogP) is 3.80. The highest BCUT2D eigenvalue weighted by molar-refractivity contribution is 5.87. The fourth-order valence-electron chi connectivity index (χ4n) is 3.19. The predicted molar refractivity (Wildman–Crippen MR) is 86.2 cm³/mol. The van der Waals surface area contributed by atoms with Crippen molar-refractivity contribution in [2.45, 2.75) is 44.7 Å². The van der Waals surface area contributed by atoms with Gasteiger partial charge >= 0.3 is 12.1 Å². The molecule has 0 unspecified atom stereocenters. The second kappa shape index (κ2) is 8.36. The van der Waals surface area contributed by atoms with Crippen LogP contribution in [0.1, 0.15) is 48.0 Å². The first-order valence-corrected chi connectivity index (χ1v) is 8.41. The van der Waals surface area contributed by atoms with E-state index in [9.17, 15) is 22.8 Å². The van der Waals surface area contributed by atoms with Crippen LogP contribution in [-0.2, 0) is 11.2 Å². The number of hydrogen-bond acceptors (Lipinski definition) is 2. The molecule has 1 aliphatic carbocycles. The number of carboxylic acid groups (broad SMARTS) is 1. The third-order valence-electron chi connectivity index (χ3n) is 4.72. The van der Waals surface area contributed by atoms with Crippen molar-refractivity contribution in [3.63, 3.8) is 0 Å². The number of amides is 1. The molecule has 1 fully saturated rings. The van der Waals surface area contributed by atoms with E-state index in [0.717, 1.165) is 5.56 Å². The molecule has 0 aromatic heterocycles. The number of aromatic carboxylic acids is 1. The van der Waals surface area contributed by atoms with Crippen molar-refractivity contribution in [1.82, 2.24) is 5.32 Å². The number of carbonyl (C=O) groups excluding carboxylic acids is 1. The average Bonchev–Trinajstić information content (AvgIpc) is 2.55. The Morgan fingerprint density at radius 3 is 2.20 bits per heavy atom. The zero-order valence-electron chi connectivity index (χ0n) is 13.8. The molecule has 2 N–H and O–H groups in total. The minimum absolute atomic E-state index is 0.0217. The summed E-state index contributed by atoms with van der Waals surface area (Å²) in [4.78, 5) is 22.7. The zero-order chi connectivity index (χ0) is 18.4. The molecule has 4 nitrogen and oxygen atoms in total. The largest absolute Gasteiger partial charge is 0.478 e. The van der Waals surface area contributed by atoms with Gasteiger partial charge in [0.05, 0.1) is 11.5 Å². The van der Waals surface area contributed by atoms with Crippen LogP contribution in [0.4, 0.5) is 13.2 Å². The summed E-state index contributed by atoms with van der Waals surface area (Å²) in [6.07, 6.45) is -2.18. The third kappa shape index (κ3) is 6.07. The molecule has 0 aliphatic heterocycles. The van der Waals surface area contributed by atoms with Crippen molar-refractivity contribution >= 4 is 11.9 Å². The maximum absolute atomic E-state index is 12.6. The molecule has 0 bridgehead atoms. The molecule has 2 rings (SSSR count). The summed E-state index contributed by atoms with van der Waals surface area (Å²) in [7, 11) is 0. The summed E-state index contributed by atoms with van der Waals surface area (Å²) in [6, 6.07) is 6.43. The Bertz CT molecular complexity index is 591. The van der Waals surface area contributed by atoms with Gasteiger partial charge in [-0.15, -0.1) is 0 Å². The Labute approximate surface area is 144 Å². The van der Waals surface area contributed by atoms with Crippen LogP contribution in [0, 0.1) is 11.8 Å². The van der Waals surface area contributed by atoms with Crippen molar-refractivity contribution in [2.24, 2.45) is 11.8 Å². The summed E-state index contributed by atoms with van der Waals surface area (Å²) < 4.78 is 37.8. The standard InChI is InChI=1S/C18H22F3NO3/c19-18(20,21)15-7-3-13(4-8-15)11-16(23)22-10-9-12-1-5-14(6-2-12)17(24)25/h1-2,5-6,13,15H,3-4,7-11H2,(H,22,23)(H,24,25). The van der Waals surface area contributed by atoms with E-state index in [2.05, 4.69) is 5.32 Å². The first kappa shape index (κ1) is 19.3. The first-order chi connectivity index (χ1) is 11.8. The molecule has 0 atom stereocenters. The van der Waals surface area contributed by atoms with Gasteiger partial charge in [0.2, 0.25) is 5.91 Å². The van der Waals surface area contributed by atoms with Crippen LogP contribution in [0.15, 0.2) is 24.3 Å². The Morgan fingerprint density at radius 2 is 1.68 bits per heavy atom. The van der Waals surface area contributed by atoms with E-state index in [0.29, 0.717) is 25.8 Å². The number of alkyl halides is 3. The van der Waals surface area contributed by atoms with Crippen LogP contribution in [0.2, 0.25) is 0 Å². The molecular weight excluding hydrogens is 335 g/mol. The smallest absolute Gasteiger partial charge is 0.391 e. The quantitative estimate of drug-likeness (QED) is 0.814. The van der Waals surface area contributed by atoms with Crippen molar-refractivity contribution in [2.75, 3.05) is 6.54 Å². The SMILES string of the molecule is O=C(CC1CCC(C(F)(F)F)CC1)NCCc1ccc(C(=O)O)cc1. The molecular formula is C18H22F3NO3. The van der Waals surface area contributed by atoms with E-state index < -0.39 is 18.1 Å². The van der Waals surface area contributed by atoms with E-state index in [4.69, 9.17) is 5.11 Å². The highest BCUT2D eigenvalue weighted by Gasteiger charge is 2.41. The third-order valence-corrected chi connectivity index (χ3v) is 4.72. The molecule has 1 aromatic rings. The van der Waals surface area contributed by atoms with Gasteiger partial charge in [0, 0.05) is 13.0 Å². The molecule has 25 heavy (non-hydrogen) atoms. The fourth-order valence-corrected chi connectivity index (χ4v) is 3.19. The van der Waals surface area contributed by atoms with Gasteiger partial charge in [0.15, 0.2) is 0 Å². The lowest BCUT2D eigenvalue weighted by molar-refractivity contribution is -0.184. The molecule has 0 heterocycles. The van der Waals surface area contributed by atoms with E-state index in [1.807, 2.05) is 0 Å². The number of halogens is 3. The van der Waals surface area contributed by atoms with Crippen LogP contribution in [0.3, 0.4) is 0 Å². The topological polar surface area (TPSA) is 66.4 Å². The number of carboxylic acids is 1. The Hall–Kier alpha value is -2.05. The monoisotopic (exact) mass is 357 g/mol. The lowest BCUT2D eigenvalue weighted by Crippen LogP contribution is -2.31. The van der Waals surface area contributed by atoms with Crippen molar-refractivity contribution in [3.05, 3.63) is 35.4 Å². The van der Waals surface area contributed by atoms with Gasteiger partial charge in [-0.3, -0.25) is 4.79 Å². The highest BCUT2D eigenvalue weighted by Crippen LogP contribution is 2.40.